The summed E-state index contributed by atoms with van der Waals surface area (Å²) in [5, 5.41) is 23.2. The van der Waals surface area contributed by atoms with Gasteiger partial charge < -0.3 is 29.4 Å². The van der Waals surface area contributed by atoms with Crippen LogP contribution in [0.2, 0.25) is 0 Å². The lowest BCUT2D eigenvalue weighted by Crippen LogP contribution is -2.24. The SMILES string of the molecule is COc1ccc(-c2[nH]nnc2-c2cc(OC)c(OC)c(OC)c2)cc1NC(=O)C(C)O.Cl. The van der Waals surface area contributed by atoms with Crippen molar-refractivity contribution >= 4 is 24.0 Å². The van der Waals surface area contributed by atoms with Crippen LogP contribution in [-0.4, -0.2) is 61.0 Å². The second kappa shape index (κ2) is 10.7. The molecular formula is C21H25ClN4O6. The normalized spacial score (nSPS) is 11.2. The number of halogens is 1. The Kier molecular flexibility index (Phi) is 8.27. The molecular weight excluding hydrogens is 440 g/mol. The molecule has 10 nitrogen and oxygen atoms in total. The number of aliphatic hydroxyl groups is 1. The molecule has 0 spiro atoms. The van der Waals surface area contributed by atoms with Crippen LogP contribution >= 0.6 is 12.4 Å². The number of methoxy groups -OCH3 is 4. The van der Waals surface area contributed by atoms with Crippen LogP contribution in [0.1, 0.15) is 6.92 Å². The summed E-state index contributed by atoms with van der Waals surface area (Å²) in [5.41, 5.74) is 2.91. The molecule has 1 heterocycles. The van der Waals surface area contributed by atoms with E-state index in [0.29, 0.717) is 51.2 Å². The van der Waals surface area contributed by atoms with Crippen LogP contribution in [0.25, 0.3) is 22.5 Å². The minimum atomic E-state index is -1.17. The molecule has 11 heteroatoms. The molecule has 0 aliphatic carbocycles. The van der Waals surface area contributed by atoms with Gasteiger partial charge in [-0.05, 0) is 37.3 Å². The summed E-state index contributed by atoms with van der Waals surface area (Å²) in [4.78, 5) is 12.0. The number of aliphatic hydroxyl groups excluding tert-OH is 1. The molecule has 3 aromatic rings. The lowest BCUT2D eigenvalue weighted by molar-refractivity contribution is -0.123. The van der Waals surface area contributed by atoms with Crippen LogP contribution in [0.3, 0.4) is 0 Å². The van der Waals surface area contributed by atoms with Crippen molar-refractivity contribution in [3.8, 4) is 45.5 Å². The zero-order valence-corrected chi connectivity index (χ0v) is 19.1. The summed E-state index contributed by atoms with van der Waals surface area (Å²) in [5.74, 6) is 1.31. The lowest BCUT2D eigenvalue weighted by Gasteiger charge is -2.14. The van der Waals surface area contributed by atoms with Crippen molar-refractivity contribution in [1.82, 2.24) is 15.4 Å². The summed E-state index contributed by atoms with van der Waals surface area (Å²) in [6, 6.07) is 8.74. The third-order valence-corrected chi connectivity index (χ3v) is 4.61. The van der Waals surface area contributed by atoms with Gasteiger partial charge in [-0.15, -0.1) is 17.5 Å². The molecule has 172 valence electrons. The predicted molar refractivity (Wildman–Crippen MR) is 121 cm³/mol. The summed E-state index contributed by atoms with van der Waals surface area (Å²) >= 11 is 0. The molecule has 0 bridgehead atoms. The van der Waals surface area contributed by atoms with E-state index in [1.807, 2.05) is 0 Å². The number of anilines is 1. The number of ether oxygens (including phenoxy) is 4. The van der Waals surface area contributed by atoms with E-state index in [1.54, 1.807) is 30.3 Å². The minimum absolute atomic E-state index is 0. The second-order valence-electron chi connectivity index (χ2n) is 6.53. The van der Waals surface area contributed by atoms with Crippen LogP contribution in [0, 0.1) is 0 Å². The van der Waals surface area contributed by atoms with Crippen LogP contribution in [0.4, 0.5) is 5.69 Å². The van der Waals surface area contributed by atoms with E-state index < -0.39 is 12.0 Å². The molecule has 2 aromatic carbocycles. The third-order valence-electron chi connectivity index (χ3n) is 4.61. The van der Waals surface area contributed by atoms with Crippen LogP contribution in [0.5, 0.6) is 23.0 Å². The molecule has 32 heavy (non-hydrogen) atoms. The van der Waals surface area contributed by atoms with Gasteiger partial charge in [0, 0.05) is 11.1 Å². The topological polar surface area (TPSA) is 128 Å². The van der Waals surface area contributed by atoms with Gasteiger partial charge >= 0.3 is 0 Å². The van der Waals surface area contributed by atoms with Gasteiger partial charge in [-0.1, -0.05) is 5.21 Å². The first-order chi connectivity index (χ1) is 14.9. The van der Waals surface area contributed by atoms with Gasteiger partial charge in [0.1, 0.15) is 17.5 Å². The molecule has 1 aromatic heterocycles. The average Bonchev–Trinajstić information content (AvgIpc) is 3.27. The monoisotopic (exact) mass is 464 g/mol. The average molecular weight is 465 g/mol. The van der Waals surface area contributed by atoms with Gasteiger partial charge in [-0.25, -0.2) is 0 Å². The highest BCUT2D eigenvalue weighted by Gasteiger charge is 2.20. The first-order valence-electron chi connectivity index (χ1n) is 9.32. The second-order valence-corrected chi connectivity index (χ2v) is 6.53. The Morgan fingerprint density at radius 1 is 0.969 bits per heavy atom. The Labute approximate surface area is 191 Å². The Morgan fingerprint density at radius 2 is 1.59 bits per heavy atom. The van der Waals surface area contributed by atoms with Crippen LogP contribution in [0.15, 0.2) is 30.3 Å². The van der Waals surface area contributed by atoms with Crippen molar-refractivity contribution in [3.63, 3.8) is 0 Å². The molecule has 0 saturated carbocycles. The van der Waals surface area contributed by atoms with Crippen molar-refractivity contribution in [1.29, 1.82) is 0 Å². The molecule has 0 saturated heterocycles. The first-order valence-corrected chi connectivity index (χ1v) is 9.32. The molecule has 3 rings (SSSR count). The van der Waals surface area contributed by atoms with Gasteiger partial charge in [-0.2, -0.15) is 0 Å². The van der Waals surface area contributed by atoms with Crippen molar-refractivity contribution < 1.29 is 28.8 Å². The highest BCUT2D eigenvalue weighted by atomic mass is 35.5. The number of hydrogen-bond donors (Lipinski definition) is 3. The zero-order valence-electron chi connectivity index (χ0n) is 18.3. The van der Waals surface area contributed by atoms with Crippen LogP contribution < -0.4 is 24.3 Å². The summed E-state index contributed by atoms with van der Waals surface area (Å²) < 4.78 is 21.5. The first kappa shape index (κ1) is 24.8. The molecule has 0 aliphatic heterocycles. The maximum atomic E-state index is 12.0. The van der Waals surface area contributed by atoms with E-state index >= 15 is 0 Å². The largest absolute Gasteiger partial charge is 0.495 e. The van der Waals surface area contributed by atoms with E-state index in [0.717, 1.165) is 0 Å². The summed E-state index contributed by atoms with van der Waals surface area (Å²) in [7, 11) is 6.09. The fourth-order valence-electron chi connectivity index (χ4n) is 3.05. The fourth-order valence-corrected chi connectivity index (χ4v) is 3.05. The van der Waals surface area contributed by atoms with E-state index in [2.05, 4.69) is 20.7 Å². The maximum absolute atomic E-state index is 12.0. The van der Waals surface area contributed by atoms with Crippen molar-refractivity contribution in [2.75, 3.05) is 33.8 Å². The number of H-pyrrole nitrogens is 1. The lowest BCUT2D eigenvalue weighted by atomic mass is 10.0. The van der Waals surface area contributed by atoms with E-state index in [1.165, 1.54) is 35.4 Å². The van der Waals surface area contributed by atoms with Gasteiger partial charge in [-0.3, -0.25) is 9.89 Å². The van der Waals surface area contributed by atoms with E-state index in [4.69, 9.17) is 18.9 Å². The molecule has 3 N–H and O–H groups in total. The van der Waals surface area contributed by atoms with Crippen LogP contribution in [-0.2, 0) is 4.79 Å². The molecule has 0 aliphatic rings. The Bertz CT molecular complexity index is 1060. The zero-order chi connectivity index (χ0) is 22.5. The number of nitrogens with one attached hydrogen (secondary N) is 2. The Hall–Kier alpha value is -3.50. The summed E-state index contributed by atoms with van der Waals surface area (Å²) in [6.45, 7) is 1.38. The molecule has 0 radical (unpaired) electrons. The van der Waals surface area contributed by atoms with E-state index in [9.17, 15) is 9.90 Å². The number of hydrogen-bond acceptors (Lipinski definition) is 8. The maximum Gasteiger partial charge on any atom is 0.253 e. The number of nitrogens with zero attached hydrogens (tertiary/aromatic N) is 2. The van der Waals surface area contributed by atoms with Gasteiger partial charge in [0.25, 0.3) is 5.91 Å². The van der Waals surface area contributed by atoms with Crippen molar-refractivity contribution in [2.24, 2.45) is 0 Å². The highest BCUT2D eigenvalue weighted by molar-refractivity contribution is 5.96. The van der Waals surface area contributed by atoms with Gasteiger partial charge in [0.05, 0.1) is 39.8 Å². The van der Waals surface area contributed by atoms with Crippen molar-refractivity contribution in [2.45, 2.75) is 13.0 Å². The number of rotatable bonds is 8. The summed E-state index contributed by atoms with van der Waals surface area (Å²) in [6.07, 6.45) is -1.17. The van der Waals surface area contributed by atoms with Crippen molar-refractivity contribution in [3.05, 3.63) is 30.3 Å². The number of aromatic nitrogens is 3. The standard InChI is InChI=1S/C21H24N4O6.ClH/c1-11(26)21(27)22-14-8-12(6-7-15(14)28-2)18-19(24-25-23-18)13-9-16(29-3)20(31-5)17(10-13)30-4;/h6-11,26H,1-5H3,(H,22,27)(H,23,24,25);1H. The molecule has 1 atom stereocenters. The minimum Gasteiger partial charge on any atom is -0.495 e. The van der Waals surface area contributed by atoms with E-state index in [-0.39, 0.29) is 12.4 Å². The molecule has 1 amide bonds. The third kappa shape index (κ3) is 4.87. The highest BCUT2D eigenvalue weighted by Crippen LogP contribution is 2.42. The Balaban J connectivity index is 0.00000363. The number of carbonyl (C=O) groups excluding carboxylic acids is 1. The molecule has 1 unspecified atom stereocenters. The quantitative estimate of drug-likeness (QED) is 0.464. The number of benzene rings is 2. The number of carbonyl (C=O) groups is 1. The van der Waals surface area contributed by atoms with Gasteiger partial charge in [0.15, 0.2) is 11.5 Å². The number of amides is 1. The van der Waals surface area contributed by atoms with Gasteiger partial charge in [0.2, 0.25) is 5.75 Å². The molecule has 0 fully saturated rings. The number of aromatic amines is 1. The fraction of sp³-hybridized carbons (Fsp3) is 0.286. The smallest absolute Gasteiger partial charge is 0.253 e. The predicted octanol–water partition coefficient (Wildman–Crippen LogP) is 2.91. The Morgan fingerprint density at radius 3 is 2.12 bits per heavy atom.